The molecule has 2 heterocycles. The zero-order chi connectivity index (χ0) is 15.8. The fourth-order valence-corrected chi connectivity index (χ4v) is 2.84. The van der Waals surface area contributed by atoms with E-state index in [-0.39, 0.29) is 11.4 Å². The molecular formula is C15H23N3O3. The quantitative estimate of drug-likeness (QED) is 0.905. The molecule has 1 unspecified atom stereocenters. The molecule has 0 radical (unpaired) electrons. The van der Waals surface area contributed by atoms with Gasteiger partial charge in [0.15, 0.2) is 5.69 Å². The van der Waals surface area contributed by atoms with Crippen LogP contribution in [0.5, 0.6) is 0 Å². The lowest BCUT2D eigenvalue weighted by molar-refractivity contribution is -0.143. The minimum Gasteiger partial charge on any atom is -0.480 e. The van der Waals surface area contributed by atoms with E-state index in [1.165, 1.54) is 4.90 Å². The van der Waals surface area contributed by atoms with Crippen LogP contribution in [0.25, 0.3) is 0 Å². The second-order valence-electron chi connectivity index (χ2n) is 6.60. The molecular weight excluding hydrogens is 270 g/mol. The third-order valence-corrected chi connectivity index (χ3v) is 3.79. The van der Waals surface area contributed by atoms with E-state index in [2.05, 4.69) is 5.10 Å². The average molecular weight is 293 g/mol. The Morgan fingerprint density at radius 1 is 1.33 bits per heavy atom. The van der Waals surface area contributed by atoms with Crippen LogP contribution in [0.4, 0.5) is 0 Å². The van der Waals surface area contributed by atoms with Gasteiger partial charge in [0.1, 0.15) is 6.04 Å². The lowest BCUT2D eigenvalue weighted by Gasteiger charge is -2.32. The van der Waals surface area contributed by atoms with Crippen molar-refractivity contribution in [2.24, 2.45) is 0 Å². The van der Waals surface area contributed by atoms with E-state index in [4.69, 9.17) is 0 Å². The number of aliphatic carboxylic acids is 1. The summed E-state index contributed by atoms with van der Waals surface area (Å²) < 4.78 is 1.81. The molecule has 1 aromatic rings. The first-order valence-corrected chi connectivity index (χ1v) is 7.32. The van der Waals surface area contributed by atoms with Crippen LogP contribution in [0, 0.1) is 6.92 Å². The van der Waals surface area contributed by atoms with Crippen molar-refractivity contribution in [2.75, 3.05) is 6.54 Å². The van der Waals surface area contributed by atoms with Crippen molar-refractivity contribution in [1.82, 2.24) is 14.7 Å². The summed E-state index contributed by atoms with van der Waals surface area (Å²) in [5, 5.41) is 13.7. The number of carbonyl (C=O) groups is 2. The molecule has 2 rings (SSSR count). The maximum absolute atomic E-state index is 12.6. The highest BCUT2D eigenvalue weighted by Gasteiger charge is 2.34. The Bertz CT molecular complexity index is 557. The van der Waals surface area contributed by atoms with E-state index in [1.54, 1.807) is 10.7 Å². The smallest absolute Gasteiger partial charge is 0.326 e. The summed E-state index contributed by atoms with van der Waals surface area (Å²) in [6.45, 7) is 8.43. The molecule has 6 heteroatoms. The summed E-state index contributed by atoms with van der Waals surface area (Å²) in [5.41, 5.74) is 1.02. The van der Waals surface area contributed by atoms with Crippen LogP contribution in [0.1, 0.15) is 56.2 Å². The van der Waals surface area contributed by atoms with Gasteiger partial charge in [0.05, 0.1) is 5.54 Å². The largest absolute Gasteiger partial charge is 0.480 e. The Labute approximate surface area is 124 Å². The normalized spacial score (nSPS) is 19.6. The van der Waals surface area contributed by atoms with Crippen molar-refractivity contribution in [3.8, 4) is 0 Å². The summed E-state index contributed by atoms with van der Waals surface area (Å²) in [6.07, 6.45) is 2.20. The third-order valence-electron chi connectivity index (χ3n) is 3.79. The van der Waals surface area contributed by atoms with Gasteiger partial charge in [-0.15, -0.1) is 0 Å². The van der Waals surface area contributed by atoms with E-state index in [1.807, 2.05) is 27.7 Å². The van der Waals surface area contributed by atoms with Gasteiger partial charge in [-0.3, -0.25) is 9.48 Å². The van der Waals surface area contributed by atoms with Crippen molar-refractivity contribution < 1.29 is 14.7 Å². The lowest BCUT2D eigenvalue weighted by atomic mass is 10.0. The Morgan fingerprint density at radius 3 is 2.52 bits per heavy atom. The van der Waals surface area contributed by atoms with Gasteiger partial charge in [0, 0.05) is 12.2 Å². The predicted octanol–water partition coefficient (Wildman–Crippen LogP) is 2.03. The van der Waals surface area contributed by atoms with Crippen LogP contribution in [0.2, 0.25) is 0 Å². The van der Waals surface area contributed by atoms with Crippen molar-refractivity contribution in [2.45, 2.75) is 58.5 Å². The maximum atomic E-state index is 12.6. The number of hydrogen-bond acceptors (Lipinski definition) is 3. The number of aryl methyl sites for hydroxylation is 1. The minimum absolute atomic E-state index is 0.212. The van der Waals surface area contributed by atoms with Crippen LogP contribution < -0.4 is 0 Å². The number of piperidine rings is 1. The van der Waals surface area contributed by atoms with E-state index in [9.17, 15) is 14.7 Å². The van der Waals surface area contributed by atoms with Crippen LogP contribution in [0.15, 0.2) is 6.07 Å². The molecule has 0 aliphatic carbocycles. The third kappa shape index (κ3) is 3.09. The fraction of sp³-hybridized carbons (Fsp3) is 0.667. The molecule has 1 aliphatic heterocycles. The molecule has 1 atom stereocenters. The zero-order valence-electron chi connectivity index (χ0n) is 13.1. The van der Waals surface area contributed by atoms with Crippen LogP contribution >= 0.6 is 0 Å². The SMILES string of the molecule is Cc1cc(C(=O)N2CCCCC2C(=O)O)nn1C(C)(C)C. The molecule has 0 bridgehead atoms. The highest BCUT2D eigenvalue weighted by atomic mass is 16.4. The molecule has 1 aromatic heterocycles. The molecule has 21 heavy (non-hydrogen) atoms. The number of rotatable bonds is 2. The lowest BCUT2D eigenvalue weighted by Crippen LogP contribution is -2.48. The topological polar surface area (TPSA) is 75.4 Å². The van der Waals surface area contributed by atoms with Crippen molar-refractivity contribution in [1.29, 1.82) is 0 Å². The van der Waals surface area contributed by atoms with Crippen molar-refractivity contribution >= 4 is 11.9 Å². The van der Waals surface area contributed by atoms with E-state index < -0.39 is 12.0 Å². The molecule has 1 saturated heterocycles. The van der Waals surface area contributed by atoms with E-state index in [0.717, 1.165) is 18.5 Å². The molecule has 6 nitrogen and oxygen atoms in total. The Balaban J connectivity index is 2.29. The monoisotopic (exact) mass is 293 g/mol. The molecule has 1 N–H and O–H groups in total. The van der Waals surface area contributed by atoms with Gasteiger partial charge < -0.3 is 10.0 Å². The molecule has 0 aromatic carbocycles. The van der Waals surface area contributed by atoms with Gasteiger partial charge >= 0.3 is 5.97 Å². The van der Waals surface area contributed by atoms with Crippen LogP contribution in [-0.4, -0.2) is 44.3 Å². The Hall–Kier alpha value is -1.85. The average Bonchev–Trinajstić information content (AvgIpc) is 2.80. The number of hydrogen-bond donors (Lipinski definition) is 1. The Morgan fingerprint density at radius 2 is 2.00 bits per heavy atom. The minimum atomic E-state index is -0.935. The zero-order valence-corrected chi connectivity index (χ0v) is 13.1. The fourth-order valence-electron chi connectivity index (χ4n) is 2.84. The highest BCUT2D eigenvalue weighted by molar-refractivity contribution is 5.95. The van der Waals surface area contributed by atoms with Crippen molar-refractivity contribution in [3.05, 3.63) is 17.5 Å². The number of amides is 1. The van der Waals surface area contributed by atoms with Gasteiger partial charge in [0.25, 0.3) is 5.91 Å². The van der Waals surface area contributed by atoms with Crippen LogP contribution in [-0.2, 0) is 10.3 Å². The molecule has 1 fully saturated rings. The van der Waals surface area contributed by atoms with E-state index >= 15 is 0 Å². The standard InChI is InChI=1S/C15H23N3O3/c1-10-9-11(16-18(10)15(2,3)4)13(19)17-8-6-5-7-12(17)14(20)21/h9,12H,5-8H2,1-4H3,(H,20,21). The van der Waals surface area contributed by atoms with E-state index in [0.29, 0.717) is 18.7 Å². The maximum Gasteiger partial charge on any atom is 0.326 e. The molecule has 116 valence electrons. The number of carboxylic acid groups (broad SMARTS) is 1. The number of likely N-dealkylation sites (tertiary alicyclic amines) is 1. The highest BCUT2D eigenvalue weighted by Crippen LogP contribution is 2.22. The first-order chi connectivity index (χ1) is 9.71. The first-order valence-electron chi connectivity index (χ1n) is 7.32. The predicted molar refractivity (Wildman–Crippen MR) is 78.3 cm³/mol. The summed E-state index contributed by atoms with van der Waals surface area (Å²) in [7, 11) is 0. The number of carboxylic acids is 1. The summed E-state index contributed by atoms with van der Waals surface area (Å²) in [6, 6.07) is 1.01. The first kappa shape index (κ1) is 15.5. The second-order valence-corrected chi connectivity index (χ2v) is 6.60. The van der Waals surface area contributed by atoms with Gasteiger partial charge in [-0.1, -0.05) is 0 Å². The number of nitrogens with zero attached hydrogens (tertiary/aromatic N) is 3. The van der Waals surface area contributed by atoms with Gasteiger partial charge in [-0.2, -0.15) is 5.10 Å². The molecule has 0 spiro atoms. The van der Waals surface area contributed by atoms with Gasteiger partial charge in [-0.05, 0) is 53.0 Å². The number of aromatic nitrogens is 2. The Kier molecular flexibility index (Phi) is 4.07. The second kappa shape index (κ2) is 5.50. The summed E-state index contributed by atoms with van der Waals surface area (Å²) >= 11 is 0. The van der Waals surface area contributed by atoms with Crippen molar-refractivity contribution in [3.63, 3.8) is 0 Å². The number of carbonyl (C=O) groups excluding carboxylic acids is 1. The van der Waals surface area contributed by atoms with Crippen LogP contribution in [0.3, 0.4) is 0 Å². The molecule has 1 amide bonds. The van der Waals surface area contributed by atoms with Gasteiger partial charge in [-0.25, -0.2) is 4.79 Å². The summed E-state index contributed by atoms with van der Waals surface area (Å²) in [4.78, 5) is 25.4. The molecule has 0 saturated carbocycles. The summed E-state index contributed by atoms with van der Waals surface area (Å²) in [5.74, 6) is -1.22. The molecule has 1 aliphatic rings. The van der Waals surface area contributed by atoms with Gasteiger partial charge in [0.2, 0.25) is 0 Å².